The molecule has 1 aromatic heterocycles. The second-order valence-electron chi connectivity index (χ2n) is 4.94. The number of halogens is 3. The number of hydrogen-bond donors (Lipinski definition) is 0. The lowest BCUT2D eigenvalue weighted by atomic mass is 10.2. The molecule has 2 aromatic carbocycles. The first-order valence-corrected chi connectivity index (χ1v) is 7.75. The van der Waals surface area contributed by atoms with E-state index in [9.17, 15) is 18.0 Å². The maximum absolute atomic E-state index is 13.7. The number of carbonyl (C=O) groups is 1. The first kappa shape index (κ1) is 16.2. The van der Waals surface area contributed by atoms with Crippen molar-refractivity contribution in [3.63, 3.8) is 0 Å². The topological polar surface area (TPSA) is 34.4 Å². The molecule has 0 aliphatic rings. The summed E-state index contributed by atoms with van der Waals surface area (Å²) in [5.41, 5.74) is 0.359. The Hall–Kier alpha value is -2.67. The van der Waals surface area contributed by atoms with E-state index in [0.717, 1.165) is 23.5 Å². The normalized spacial score (nSPS) is 11.9. The molecule has 0 bridgehead atoms. The highest BCUT2D eigenvalue weighted by atomic mass is 32.1. The Balaban J connectivity index is 2.16. The van der Waals surface area contributed by atoms with Gasteiger partial charge >= 0.3 is 0 Å². The van der Waals surface area contributed by atoms with Gasteiger partial charge in [-0.1, -0.05) is 17.4 Å². The summed E-state index contributed by atoms with van der Waals surface area (Å²) in [6.45, 7) is 3.99. The van der Waals surface area contributed by atoms with E-state index in [-0.39, 0.29) is 10.4 Å². The maximum Gasteiger partial charge on any atom is 0.282 e. The fourth-order valence-corrected chi connectivity index (χ4v) is 3.31. The molecule has 0 atom stereocenters. The van der Waals surface area contributed by atoms with Crippen LogP contribution in [0.3, 0.4) is 0 Å². The molecule has 0 aliphatic carbocycles. The van der Waals surface area contributed by atoms with Gasteiger partial charge in [0.05, 0.1) is 15.8 Å². The second kappa shape index (κ2) is 6.45. The summed E-state index contributed by atoms with van der Waals surface area (Å²) in [6, 6.07) is 6.88. The Morgan fingerprint density at radius 2 is 1.88 bits per heavy atom. The molecule has 0 fully saturated rings. The average molecular weight is 348 g/mol. The Morgan fingerprint density at radius 3 is 2.58 bits per heavy atom. The molecule has 0 saturated carbocycles. The number of carbonyl (C=O) groups excluding carboxylic acids is 1. The second-order valence-corrected chi connectivity index (χ2v) is 5.95. The molecule has 1 amide bonds. The predicted octanol–water partition coefficient (Wildman–Crippen LogP) is 4.05. The van der Waals surface area contributed by atoms with E-state index in [2.05, 4.69) is 11.6 Å². The van der Waals surface area contributed by atoms with E-state index in [1.807, 2.05) is 0 Å². The van der Waals surface area contributed by atoms with Crippen molar-refractivity contribution >= 4 is 27.5 Å². The first-order chi connectivity index (χ1) is 11.5. The zero-order valence-corrected chi connectivity index (χ0v) is 13.1. The van der Waals surface area contributed by atoms with Gasteiger partial charge in [0.2, 0.25) is 0 Å². The van der Waals surface area contributed by atoms with Crippen molar-refractivity contribution in [2.24, 2.45) is 4.99 Å². The van der Waals surface area contributed by atoms with E-state index in [1.165, 1.54) is 12.1 Å². The van der Waals surface area contributed by atoms with Gasteiger partial charge < -0.3 is 4.57 Å². The molecule has 0 radical (unpaired) electrons. The van der Waals surface area contributed by atoms with E-state index < -0.39 is 23.4 Å². The Morgan fingerprint density at radius 1 is 1.17 bits per heavy atom. The molecule has 0 saturated heterocycles. The number of amides is 1. The molecule has 3 nitrogen and oxygen atoms in total. The van der Waals surface area contributed by atoms with Crippen LogP contribution in [0, 0.1) is 17.5 Å². The largest absolute Gasteiger partial charge is 0.312 e. The third-order valence-electron chi connectivity index (χ3n) is 3.32. The number of allylic oxidation sites excluding steroid dienone is 1. The van der Waals surface area contributed by atoms with Crippen LogP contribution in [0.25, 0.3) is 10.2 Å². The fourth-order valence-electron chi connectivity index (χ4n) is 2.25. The highest BCUT2D eigenvalue weighted by Gasteiger charge is 2.13. The quantitative estimate of drug-likeness (QED) is 0.658. The molecule has 3 aromatic rings. The number of thiazole rings is 1. The molecular formula is C17H11F3N2OS. The molecule has 7 heteroatoms. The van der Waals surface area contributed by atoms with Crippen LogP contribution < -0.4 is 4.80 Å². The predicted molar refractivity (Wildman–Crippen MR) is 86.2 cm³/mol. The highest BCUT2D eigenvalue weighted by Crippen LogP contribution is 2.19. The van der Waals surface area contributed by atoms with Crippen LogP contribution in [-0.4, -0.2) is 10.5 Å². The van der Waals surface area contributed by atoms with Crippen LogP contribution in [0.5, 0.6) is 0 Å². The van der Waals surface area contributed by atoms with E-state index >= 15 is 0 Å². The zero-order chi connectivity index (χ0) is 17.3. The summed E-state index contributed by atoms with van der Waals surface area (Å²) < 4.78 is 42.3. The maximum atomic E-state index is 13.7. The van der Waals surface area contributed by atoms with Gasteiger partial charge in [0.25, 0.3) is 5.91 Å². The van der Waals surface area contributed by atoms with Gasteiger partial charge in [-0.2, -0.15) is 4.99 Å². The van der Waals surface area contributed by atoms with Crippen LogP contribution in [-0.2, 0) is 6.54 Å². The fraction of sp³-hybridized carbons (Fsp3) is 0.0588. The van der Waals surface area contributed by atoms with Gasteiger partial charge in [0.1, 0.15) is 17.5 Å². The molecular weight excluding hydrogens is 337 g/mol. The summed E-state index contributed by atoms with van der Waals surface area (Å²) in [5.74, 6) is -3.00. The molecule has 1 heterocycles. The van der Waals surface area contributed by atoms with Crippen LogP contribution >= 0.6 is 11.3 Å². The summed E-state index contributed by atoms with van der Waals surface area (Å²) in [7, 11) is 0. The minimum Gasteiger partial charge on any atom is -0.312 e. The third-order valence-corrected chi connectivity index (χ3v) is 4.36. The van der Waals surface area contributed by atoms with E-state index in [4.69, 9.17) is 0 Å². The zero-order valence-electron chi connectivity index (χ0n) is 12.3. The Labute approximate surface area is 139 Å². The molecule has 0 spiro atoms. The van der Waals surface area contributed by atoms with Gasteiger partial charge in [-0.25, -0.2) is 13.2 Å². The molecule has 24 heavy (non-hydrogen) atoms. The van der Waals surface area contributed by atoms with Gasteiger partial charge in [0.15, 0.2) is 4.80 Å². The molecule has 0 N–H and O–H groups in total. The van der Waals surface area contributed by atoms with Crippen molar-refractivity contribution in [1.82, 2.24) is 4.57 Å². The summed E-state index contributed by atoms with van der Waals surface area (Å²) in [4.78, 5) is 16.4. The number of fused-ring (bicyclic) bond motifs is 1. The van der Waals surface area contributed by atoms with Crippen LogP contribution in [0.15, 0.2) is 54.0 Å². The van der Waals surface area contributed by atoms with Crippen molar-refractivity contribution in [3.05, 3.63) is 76.9 Å². The number of aromatic nitrogens is 1. The smallest absolute Gasteiger partial charge is 0.282 e. The third kappa shape index (κ3) is 3.03. The summed E-state index contributed by atoms with van der Waals surface area (Å²) in [5, 5.41) is 0. The standard InChI is InChI=1S/C17H11F3N2OS/c1-2-7-22-14-6-4-11(19)9-15(14)24-17(22)21-16(23)12-5-3-10(18)8-13(12)20/h2-6,8-9H,1,7H2. The SMILES string of the molecule is C=CCn1c(=NC(=O)c2ccc(F)cc2F)sc2cc(F)ccc21. The number of nitrogens with zero attached hydrogens (tertiary/aromatic N) is 2. The van der Waals surface area contributed by atoms with Crippen molar-refractivity contribution < 1.29 is 18.0 Å². The van der Waals surface area contributed by atoms with E-state index in [1.54, 1.807) is 16.7 Å². The average Bonchev–Trinajstić information content (AvgIpc) is 2.84. The lowest BCUT2D eigenvalue weighted by molar-refractivity contribution is 0.0994. The van der Waals surface area contributed by atoms with Gasteiger partial charge in [0, 0.05) is 12.6 Å². The van der Waals surface area contributed by atoms with E-state index in [0.29, 0.717) is 22.8 Å². The van der Waals surface area contributed by atoms with Crippen molar-refractivity contribution in [1.29, 1.82) is 0 Å². The van der Waals surface area contributed by atoms with Gasteiger partial charge in [-0.05, 0) is 30.3 Å². The number of benzene rings is 2. The monoisotopic (exact) mass is 348 g/mol. The molecule has 3 rings (SSSR count). The van der Waals surface area contributed by atoms with Crippen molar-refractivity contribution in [2.75, 3.05) is 0 Å². The summed E-state index contributed by atoms with van der Waals surface area (Å²) >= 11 is 1.10. The minimum atomic E-state index is -0.980. The lowest BCUT2D eigenvalue weighted by Gasteiger charge is -2.01. The molecule has 122 valence electrons. The number of hydrogen-bond acceptors (Lipinski definition) is 2. The first-order valence-electron chi connectivity index (χ1n) is 6.93. The Bertz CT molecular complexity index is 1020. The Kier molecular flexibility index (Phi) is 4.35. The minimum absolute atomic E-state index is 0.282. The molecule has 0 unspecified atom stereocenters. The van der Waals surface area contributed by atoms with Crippen LogP contribution in [0.4, 0.5) is 13.2 Å². The van der Waals surface area contributed by atoms with Crippen molar-refractivity contribution in [2.45, 2.75) is 6.54 Å². The van der Waals surface area contributed by atoms with Gasteiger partial charge in [-0.15, -0.1) is 6.58 Å². The number of rotatable bonds is 3. The lowest BCUT2D eigenvalue weighted by Crippen LogP contribution is -2.16. The van der Waals surface area contributed by atoms with Crippen LogP contribution in [0.2, 0.25) is 0 Å². The highest BCUT2D eigenvalue weighted by molar-refractivity contribution is 7.16. The van der Waals surface area contributed by atoms with Gasteiger partial charge in [-0.3, -0.25) is 4.79 Å². The summed E-state index contributed by atoms with van der Waals surface area (Å²) in [6.07, 6.45) is 1.61. The van der Waals surface area contributed by atoms with Crippen molar-refractivity contribution in [3.8, 4) is 0 Å². The molecule has 0 aliphatic heterocycles. The van der Waals surface area contributed by atoms with Crippen LogP contribution in [0.1, 0.15) is 10.4 Å².